The molecule has 0 bridgehead atoms. The summed E-state index contributed by atoms with van der Waals surface area (Å²) in [6.45, 7) is 10.0. The van der Waals surface area contributed by atoms with Crippen molar-refractivity contribution in [1.82, 2.24) is 20.0 Å². The summed E-state index contributed by atoms with van der Waals surface area (Å²) in [6, 6.07) is 0.964. The molecule has 1 saturated carbocycles. The number of hydrogen-bond donors (Lipinski definition) is 1. The van der Waals surface area contributed by atoms with Crippen molar-refractivity contribution >= 4 is 11.8 Å². The Labute approximate surface area is 132 Å². The second kappa shape index (κ2) is 6.54. The summed E-state index contributed by atoms with van der Waals surface area (Å²) < 4.78 is 0. The Morgan fingerprint density at radius 1 is 1.09 bits per heavy atom. The monoisotopic (exact) mass is 308 g/mol. The molecule has 22 heavy (non-hydrogen) atoms. The minimum absolute atomic E-state index is 0.178. The van der Waals surface area contributed by atoms with Crippen LogP contribution < -0.4 is 5.32 Å². The van der Waals surface area contributed by atoms with E-state index < -0.39 is 0 Å². The van der Waals surface area contributed by atoms with Crippen LogP contribution >= 0.6 is 0 Å². The number of rotatable bonds is 4. The van der Waals surface area contributed by atoms with Crippen molar-refractivity contribution in [3.63, 3.8) is 0 Å². The molecule has 0 unspecified atom stereocenters. The standard InChI is InChI=1S/C16H28N4O2/c1-12-9-18(11-16(22)17-14-3-4-14)10-15(12)20-7-5-19(6-8-20)13(2)21/h12,14-15H,3-11H2,1-2H3,(H,17,22)/t12-,15-/m0/s1. The Kier molecular flexibility index (Phi) is 4.68. The molecule has 1 N–H and O–H groups in total. The zero-order chi connectivity index (χ0) is 15.7. The predicted molar refractivity (Wildman–Crippen MR) is 84.4 cm³/mol. The van der Waals surface area contributed by atoms with E-state index in [9.17, 15) is 9.59 Å². The number of likely N-dealkylation sites (tertiary alicyclic amines) is 1. The van der Waals surface area contributed by atoms with Gasteiger partial charge >= 0.3 is 0 Å². The highest BCUT2D eigenvalue weighted by atomic mass is 16.2. The molecule has 2 aliphatic heterocycles. The summed E-state index contributed by atoms with van der Waals surface area (Å²) >= 11 is 0. The largest absolute Gasteiger partial charge is 0.352 e. The SMILES string of the molecule is CC(=O)N1CCN([C@H]2CN(CC(=O)NC3CC3)C[C@@H]2C)CC1. The van der Waals surface area contributed by atoms with Crippen molar-refractivity contribution in [1.29, 1.82) is 0 Å². The van der Waals surface area contributed by atoms with Crippen molar-refractivity contribution in [2.45, 2.75) is 38.8 Å². The Balaban J connectivity index is 1.46. The normalized spacial score (nSPS) is 30.5. The van der Waals surface area contributed by atoms with Crippen molar-refractivity contribution in [2.75, 3.05) is 45.8 Å². The first kappa shape index (κ1) is 15.7. The number of carbonyl (C=O) groups is 2. The third-order valence-corrected chi connectivity index (χ3v) is 5.19. The van der Waals surface area contributed by atoms with Gasteiger partial charge in [0.1, 0.15) is 0 Å². The van der Waals surface area contributed by atoms with Gasteiger partial charge in [0.15, 0.2) is 0 Å². The molecule has 6 heteroatoms. The molecule has 1 aliphatic carbocycles. The van der Waals surface area contributed by atoms with E-state index in [-0.39, 0.29) is 11.8 Å². The highest BCUT2D eigenvalue weighted by Crippen LogP contribution is 2.23. The van der Waals surface area contributed by atoms with Crippen molar-refractivity contribution in [3.05, 3.63) is 0 Å². The summed E-state index contributed by atoms with van der Waals surface area (Å²) in [7, 11) is 0. The van der Waals surface area contributed by atoms with E-state index in [1.165, 1.54) is 0 Å². The zero-order valence-corrected chi connectivity index (χ0v) is 13.8. The Hall–Kier alpha value is -1.14. The highest BCUT2D eigenvalue weighted by molar-refractivity contribution is 5.78. The number of nitrogens with zero attached hydrogens (tertiary/aromatic N) is 3. The second-order valence-electron chi connectivity index (χ2n) is 7.12. The smallest absolute Gasteiger partial charge is 0.234 e. The van der Waals surface area contributed by atoms with Crippen LogP contribution in [-0.4, -0.2) is 84.4 Å². The maximum atomic E-state index is 11.9. The molecular weight excluding hydrogens is 280 g/mol. The minimum Gasteiger partial charge on any atom is -0.352 e. The van der Waals surface area contributed by atoms with Crippen molar-refractivity contribution < 1.29 is 9.59 Å². The molecule has 3 aliphatic rings. The lowest BCUT2D eigenvalue weighted by molar-refractivity contribution is -0.131. The summed E-state index contributed by atoms with van der Waals surface area (Å²) in [5.74, 6) is 0.937. The van der Waals surface area contributed by atoms with Gasteiger partial charge < -0.3 is 10.2 Å². The molecule has 0 aromatic heterocycles. The van der Waals surface area contributed by atoms with Gasteiger partial charge in [-0.2, -0.15) is 0 Å². The molecule has 2 atom stereocenters. The number of hydrogen-bond acceptors (Lipinski definition) is 4. The molecule has 124 valence electrons. The van der Waals surface area contributed by atoms with E-state index in [4.69, 9.17) is 0 Å². The molecule has 0 spiro atoms. The van der Waals surface area contributed by atoms with Crippen LogP contribution in [0, 0.1) is 5.92 Å². The molecule has 2 amide bonds. The summed E-state index contributed by atoms with van der Waals surface area (Å²) in [5, 5.41) is 3.07. The molecule has 2 saturated heterocycles. The maximum absolute atomic E-state index is 11.9. The maximum Gasteiger partial charge on any atom is 0.234 e. The first-order valence-electron chi connectivity index (χ1n) is 8.54. The van der Waals surface area contributed by atoms with Crippen LogP contribution in [0.3, 0.4) is 0 Å². The van der Waals surface area contributed by atoms with Crippen LogP contribution in [0.1, 0.15) is 26.7 Å². The molecule has 3 fully saturated rings. The van der Waals surface area contributed by atoms with Crippen molar-refractivity contribution in [3.8, 4) is 0 Å². The van der Waals surface area contributed by atoms with Crippen LogP contribution in [0.5, 0.6) is 0 Å². The lowest BCUT2D eigenvalue weighted by Crippen LogP contribution is -2.53. The minimum atomic E-state index is 0.178. The fraction of sp³-hybridized carbons (Fsp3) is 0.875. The average molecular weight is 308 g/mol. The Bertz CT molecular complexity index is 430. The fourth-order valence-corrected chi connectivity index (χ4v) is 3.72. The van der Waals surface area contributed by atoms with Crippen molar-refractivity contribution in [2.24, 2.45) is 5.92 Å². The van der Waals surface area contributed by atoms with E-state index in [0.717, 1.165) is 52.1 Å². The summed E-state index contributed by atoms with van der Waals surface area (Å²) in [4.78, 5) is 30.1. The highest BCUT2D eigenvalue weighted by Gasteiger charge is 2.36. The van der Waals surface area contributed by atoms with Gasteiger partial charge in [0.05, 0.1) is 6.54 Å². The van der Waals surface area contributed by atoms with E-state index >= 15 is 0 Å². The molecule has 2 heterocycles. The van der Waals surface area contributed by atoms with E-state index in [1.54, 1.807) is 6.92 Å². The first-order chi connectivity index (χ1) is 10.5. The van der Waals surface area contributed by atoms with Crippen LogP contribution in [0.15, 0.2) is 0 Å². The Morgan fingerprint density at radius 3 is 2.36 bits per heavy atom. The topological polar surface area (TPSA) is 55.9 Å². The van der Waals surface area contributed by atoms with Gasteiger partial charge in [-0.3, -0.25) is 19.4 Å². The quantitative estimate of drug-likeness (QED) is 0.778. The fourth-order valence-electron chi connectivity index (χ4n) is 3.72. The predicted octanol–water partition coefficient (Wildman–Crippen LogP) is -0.251. The van der Waals surface area contributed by atoms with Gasteiger partial charge in [0.2, 0.25) is 11.8 Å². The van der Waals surface area contributed by atoms with E-state index in [1.807, 2.05) is 4.90 Å². The number of amides is 2. The van der Waals surface area contributed by atoms with E-state index in [2.05, 4.69) is 22.0 Å². The van der Waals surface area contributed by atoms with Crippen LogP contribution in [0.2, 0.25) is 0 Å². The zero-order valence-electron chi connectivity index (χ0n) is 13.8. The van der Waals surface area contributed by atoms with Gasteiger partial charge in [-0.15, -0.1) is 0 Å². The molecule has 0 aromatic carbocycles. The lowest BCUT2D eigenvalue weighted by Gasteiger charge is -2.39. The second-order valence-corrected chi connectivity index (χ2v) is 7.12. The van der Waals surface area contributed by atoms with Gasteiger partial charge in [-0.05, 0) is 18.8 Å². The number of carbonyl (C=O) groups excluding carboxylic acids is 2. The van der Waals surface area contributed by atoms with Gasteiger partial charge in [-0.1, -0.05) is 6.92 Å². The summed E-state index contributed by atoms with van der Waals surface area (Å²) in [6.07, 6.45) is 2.29. The average Bonchev–Trinajstić information content (AvgIpc) is 3.21. The first-order valence-corrected chi connectivity index (χ1v) is 8.54. The molecular formula is C16H28N4O2. The molecule has 3 rings (SSSR count). The van der Waals surface area contributed by atoms with Crippen LogP contribution in [0.4, 0.5) is 0 Å². The van der Waals surface area contributed by atoms with Gasteiger partial charge in [-0.25, -0.2) is 0 Å². The van der Waals surface area contributed by atoms with Gasteiger partial charge in [0.25, 0.3) is 0 Å². The van der Waals surface area contributed by atoms with Crippen LogP contribution in [0.25, 0.3) is 0 Å². The third kappa shape index (κ3) is 3.79. The third-order valence-electron chi connectivity index (χ3n) is 5.19. The Morgan fingerprint density at radius 2 is 1.77 bits per heavy atom. The van der Waals surface area contributed by atoms with Gasteiger partial charge in [0, 0.05) is 58.3 Å². The molecule has 6 nitrogen and oxygen atoms in total. The van der Waals surface area contributed by atoms with E-state index in [0.29, 0.717) is 24.5 Å². The molecule has 0 radical (unpaired) electrons. The number of nitrogens with one attached hydrogen (secondary N) is 1. The lowest BCUT2D eigenvalue weighted by atomic mass is 10.0. The molecule has 0 aromatic rings. The van der Waals surface area contributed by atoms with Crippen LogP contribution in [-0.2, 0) is 9.59 Å². The number of piperazine rings is 1. The summed E-state index contributed by atoms with van der Waals surface area (Å²) in [5.41, 5.74) is 0.